The standard InChI is InChI=1S/C9H7.2CH2O.BrH.Fe/c1-2-5-9-7-3-6-8(9)4-1;2*1-2;;/h1-7H;2*1H2;1H;/q-1;;;;+2/p-1. The zero-order valence-electron chi connectivity index (χ0n) is 8.00. The maximum atomic E-state index is 8.00. The minimum absolute atomic E-state index is 0. The number of halogens is 1. The number of hydrogen-bond acceptors (Lipinski definition) is 2. The third kappa shape index (κ3) is 6.28. The first-order chi connectivity index (χ1) is 6.47. The average molecular weight is 311 g/mol. The van der Waals surface area contributed by atoms with Gasteiger partial charge in [-0.15, -0.1) is 29.7 Å². The molecule has 0 aliphatic carbocycles. The summed E-state index contributed by atoms with van der Waals surface area (Å²) in [5.41, 5.74) is 0. The van der Waals surface area contributed by atoms with Gasteiger partial charge in [0.2, 0.25) is 0 Å². The van der Waals surface area contributed by atoms with Gasteiger partial charge >= 0.3 is 17.1 Å². The van der Waals surface area contributed by atoms with Gasteiger partial charge in [-0.05, 0) is 0 Å². The monoisotopic (exact) mass is 310 g/mol. The van der Waals surface area contributed by atoms with Crippen molar-refractivity contribution in [2.24, 2.45) is 0 Å². The van der Waals surface area contributed by atoms with Gasteiger partial charge in [-0.2, -0.15) is 17.5 Å². The molecule has 4 heteroatoms. The first kappa shape index (κ1) is 19.7. The molecule has 15 heavy (non-hydrogen) atoms. The van der Waals surface area contributed by atoms with E-state index in [2.05, 4.69) is 42.5 Å². The quantitative estimate of drug-likeness (QED) is 0.471. The van der Waals surface area contributed by atoms with E-state index in [4.69, 9.17) is 9.59 Å². The van der Waals surface area contributed by atoms with Crippen molar-refractivity contribution >= 4 is 24.4 Å². The Balaban J connectivity index is -0.000000218. The summed E-state index contributed by atoms with van der Waals surface area (Å²) in [6.07, 6.45) is 0. The minimum atomic E-state index is 0. The Morgan fingerprint density at radius 1 is 0.933 bits per heavy atom. The summed E-state index contributed by atoms with van der Waals surface area (Å²) in [5.74, 6) is 0. The Kier molecular flexibility index (Phi) is 17.3. The number of carbonyl (C=O) groups excluding carboxylic acids is 2. The maximum Gasteiger partial charge on any atom is 2.00 e. The van der Waals surface area contributed by atoms with Gasteiger partial charge in [-0.3, -0.25) is 0 Å². The molecule has 0 fully saturated rings. The van der Waals surface area contributed by atoms with Crippen molar-refractivity contribution in [3.63, 3.8) is 0 Å². The van der Waals surface area contributed by atoms with Crippen LogP contribution < -0.4 is 17.0 Å². The molecular weight excluding hydrogens is 300 g/mol. The largest absolute Gasteiger partial charge is 2.00 e. The Bertz CT molecular complexity index is 317. The summed E-state index contributed by atoms with van der Waals surface area (Å²) in [6.45, 7) is 4.00. The fraction of sp³-hybridized carbons (Fsp3) is 0. The molecule has 82 valence electrons. The molecule has 0 aliphatic rings. The predicted molar refractivity (Wildman–Crippen MR) is 53.8 cm³/mol. The van der Waals surface area contributed by atoms with E-state index in [-0.39, 0.29) is 34.1 Å². The maximum absolute atomic E-state index is 8.00. The summed E-state index contributed by atoms with van der Waals surface area (Å²) in [7, 11) is 0. The molecule has 0 N–H and O–H groups in total. The number of fused-ring (bicyclic) bond motifs is 1. The van der Waals surface area contributed by atoms with E-state index in [1.165, 1.54) is 10.8 Å². The Labute approximate surface area is 110 Å². The van der Waals surface area contributed by atoms with Crippen LogP contribution in [-0.4, -0.2) is 13.6 Å². The van der Waals surface area contributed by atoms with Crippen molar-refractivity contribution in [2.45, 2.75) is 0 Å². The van der Waals surface area contributed by atoms with E-state index in [1.54, 1.807) is 0 Å². The van der Waals surface area contributed by atoms with E-state index >= 15 is 0 Å². The Hall–Kier alpha value is -0.831. The average Bonchev–Trinajstić information content (AvgIpc) is 2.71. The SMILES string of the molecule is C=O.C=O.[Br-].[Fe+2].c1ccc2[cH-]ccc2c1. The summed E-state index contributed by atoms with van der Waals surface area (Å²) in [6, 6.07) is 14.7. The topological polar surface area (TPSA) is 34.1 Å². The molecule has 2 aromatic rings. The number of hydrogen-bond donors (Lipinski definition) is 0. The van der Waals surface area contributed by atoms with Crippen LogP contribution >= 0.6 is 0 Å². The minimum Gasteiger partial charge on any atom is -1.00 e. The van der Waals surface area contributed by atoms with Gasteiger partial charge in [-0.1, -0.05) is 6.07 Å². The van der Waals surface area contributed by atoms with Gasteiger partial charge in [0.15, 0.2) is 0 Å². The molecule has 0 radical (unpaired) electrons. The van der Waals surface area contributed by atoms with Gasteiger partial charge in [0, 0.05) is 0 Å². The van der Waals surface area contributed by atoms with Crippen LogP contribution in [0, 0.1) is 0 Å². The van der Waals surface area contributed by atoms with Crippen LogP contribution in [0.2, 0.25) is 0 Å². The molecule has 2 nitrogen and oxygen atoms in total. The van der Waals surface area contributed by atoms with Crippen LogP contribution in [-0.2, 0) is 26.7 Å². The van der Waals surface area contributed by atoms with Crippen LogP contribution in [0.3, 0.4) is 0 Å². The predicted octanol–water partition coefficient (Wildman–Crippen LogP) is -0.810. The van der Waals surface area contributed by atoms with Gasteiger partial charge in [-0.25, -0.2) is 0 Å². The molecule has 0 spiro atoms. The molecule has 2 aromatic carbocycles. The van der Waals surface area contributed by atoms with E-state index in [1.807, 2.05) is 13.6 Å². The van der Waals surface area contributed by atoms with Crippen molar-refractivity contribution in [1.82, 2.24) is 0 Å². The van der Waals surface area contributed by atoms with Gasteiger partial charge in [0.25, 0.3) is 0 Å². The van der Waals surface area contributed by atoms with Crippen molar-refractivity contribution in [3.8, 4) is 0 Å². The fourth-order valence-corrected chi connectivity index (χ4v) is 1.07. The molecule has 0 saturated carbocycles. The third-order valence-electron chi connectivity index (χ3n) is 1.55. The van der Waals surface area contributed by atoms with E-state index in [0.29, 0.717) is 0 Å². The second-order valence-electron chi connectivity index (χ2n) is 2.15. The Morgan fingerprint density at radius 2 is 1.47 bits per heavy atom. The van der Waals surface area contributed by atoms with E-state index in [9.17, 15) is 0 Å². The van der Waals surface area contributed by atoms with Crippen LogP contribution in [0.1, 0.15) is 0 Å². The molecule has 0 amide bonds. The summed E-state index contributed by atoms with van der Waals surface area (Å²) in [5, 5.41) is 2.66. The summed E-state index contributed by atoms with van der Waals surface area (Å²) < 4.78 is 0. The third-order valence-corrected chi connectivity index (χ3v) is 1.55. The molecule has 2 rings (SSSR count). The molecule has 0 aliphatic heterocycles. The summed E-state index contributed by atoms with van der Waals surface area (Å²) >= 11 is 0. The van der Waals surface area contributed by atoms with Gasteiger partial charge < -0.3 is 26.6 Å². The molecule has 0 heterocycles. The molecule has 0 bridgehead atoms. The van der Waals surface area contributed by atoms with Crippen LogP contribution in [0.15, 0.2) is 42.5 Å². The van der Waals surface area contributed by atoms with Crippen LogP contribution in [0.25, 0.3) is 10.8 Å². The smallest absolute Gasteiger partial charge is 1.00 e. The first-order valence-electron chi connectivity index (χ1n) is 3.65. The number of carbonyl (C=O) groups is 2. The second kappa shape index (κ2) is 13.2. The van der Waals surface area contributed by atoms with Gasteiger partial charge in [0.1, 0.15) is 13.6 Å². The zero-order valence-corrected chi connectivity index (χ0v) is 10.7. The molecule has 0 unspecified atom stereocenters. The number of benzene rings is 1. The molecular formula is C11H11BrFeO2. The Morgan fingerprint density at radius 3 is 2.00 bits per heavy atom. The molecule has 0 aromatic heterocycles. The fourth-order valence-electron chi connectivity index (χ4n) is 1.07. The van der Waals surface area contributed by atoms with E-state index < -0.39 is 0 Å². The summed E-state index contributed by atoms with van der Waals surface area (Å²) in [4.78, 5) is 16.0. The van der Waals surface area contributed by atoms with E-state index in [0.717, 1.165) is 0 Å². The molecule has 0 atom stereocenters. The van der Waals surface area contributed by atoms with Crippen molar-refractivity contribution < 1.29 is 43.6 Å². The number of rotatable bonds is 0. The van der Waals surface area contributed by atoms with Crippen LogP contribution in [0.5, 0.6) is 0 Å². The van der Waals surface area contributed by atoms with Crippen LogP contribution in [0.4, 0.5) is 0 Å². The normalized spacial score (nSPS) is 6.67. The zero-order chi connectivity index (χ0) is 10.1. The van der Waals surface area contributed by atoms with Crippen molar-refractivity contribution in [1.29, 1.82) is 0 Å². The van der Waals surface area contributed by atoms with Crippen molar-refractivity contribution in [3.05, 3.63) is 42.5 Å². The second-order valence-corrected chi connectivity index (χ2v) is 2.15. The van der Waals surface area contributed by atoms with Gasteiger partial charge in [0.05, 0.1) is 0 Å². The first-order valence-corrected chi connectivity index (χ1v) is 3.65. The molecule has 0 saturated heterocycles. The van der Waals surface area contributed by atoms with Crippen molar-refractivity contribution in [2.75, 3.05) is 0 Å².